The molecule has 2 aliphatic heterocycles. The molecule has 3 amide bonds. The van der Waals surface area contributed by atoms with Crippen molar-refractivity contribution in [2.45, 2.75) is 37.2 Å². The van der Waals surface area contributed by atoms with Gasteiger partial charge in [0.2, 0.25) is 17.7 Å². The molecule has 6 nitrogen and oxygen atoms in total. The lowest BCUT2D eigenvalue weighted by Gasteiger charge is -2.35. The average molecular weight is 459 g/mol. The van der Waals surface area contributed by atoms with Crippen LogP contribution in [0.5, 0.6) is 5.75 Å². The van der Waals surface area contributed by atoms with E-state index in [2.05, 4.69) is 0 Å². The topological polar surface area (TPSA) is 66.9 Å². The third-order valence-corrected chi connectivity index (χ3v) is 6.61. The summed E-state index contributed by atoms with van der Waals surface area (Å²) in [6, 6.07) is 12.9. The first-order chi connectivity index (χ1) is 15.3. The molecule has 0 aromatic heterocycles. The van der Waals surface area contributed by atoms with Crippen molar-refractivity contribution < 1.29 is 23.5 Å². The molecule has 1 atom stereocenters. The quantitative estimate of drug-likeness (QED) is 0.642. The second-order valence-corrected chi connectivity index (χ2v) is 8.74. The van der Waals surface area contributed by atoms with Gasteiger partial charge in [0.1, 0.15) is 17.7 Å². The number of likely N-dealkylation sites (N-methyl/N-ethyl adjacent to an activating group) is 1. The maximum Gasteiger partial charge on any atom is 0.240 e. The van der Waals surface area contributed by atoms with E-state index in [4.69, 9.17) is 16.3 Å². The van der Waals surface area contributed by atoms with E-state index in [1.54, 1.807) is 41.3 Å². The second kappa shape index (κ2) is 8.90. The molecule has 2 fully saturated rings. The number of amides is 3. The summed E-state index contributed by atoms with van der Waals surface area (Å²) in [7, 11) is 1.43. The SMILES string of the molecule is CN1C(=O)CC(CC(=O)N2CCC(Oc3cccc(F)c3)CC2)(c2ccccc2Cl)C1=O. The van der Waals surface area contributed by atoms with E-state index in [0.29, 0.717) is 42.3 Å². The van der Waals surface area contributed by atoms with Gasteiger partial charge in [0.15, 0.2) is 0 Å². The summed E-state index contributed by atoms with van der Waals surface area (Å²) in [5, 5.41) is 0.360. The van der Waals surface area contributed by atoms with Crippen molar-refractivity contribution in [2.75, 3.05) is 20.1 Å². The molecule has 0 radical (unpaired) electrons. The molecular formula is C24H24ClFN2O4. The van der Waals surface area contributed by atoms with Crippen LogP contribution in [-0.2, 0) is 19.8 Å². The largest absolute Gasteiger partial charge is 0.490 e. The molecule has 2 saturated heterocycles. The molecule has 2 aliphatic rings. The van der Waals surface area contributed by atoms with Crippen LogP contribution in [0.2, 0.25) is 5.02 Å². The van der Waals surface area contributed by atoms with Gasteiger partial charge in [-0.15, -0.1) is 0 Å². The Balaban J connectivity index is 1.46. The summed E-state index contributed by atoms with van der Waals surface area (Å²) in [5.41, 5.74) is -0.794. The zero-order valence-electron chi connectivity index (χ0n) is 17.7. The van der Waals surface area contributed by atoms with Gasteiger partial charge >= 0.3 is 0 Å². The number of hydrogen-bond acceptors (Lipinski definition) is 4. The highest BCUT2D eigenvalue weighted by Gasteiger charge is 2.53. The van der Waals surface area contributed by atoms with Crippen molar-refractivity contribution >= 4 is 29.3 Å². The van der Waals surface area contributed by atoms with Gasteiger partial charge in [0.05, 0.1) is 5.41 Å². The first-order valence-corrected chi connectivity index (χ1v) is 10.9. The van der Waals surface area contributed by atoms with Crippen LogP contribution in [0, 0.1) is 5.82 Å². The monoisotopic (exact) mass is 458 g/mol. The van der Waals surface area contributed by atoms with Gasteiger partial charge in [-0.25, -0.2) is 4.39 Å². The molecule has 4 rings (SSSR count). The molecule has 8 heteroatoms. The summed E-state index contributed by atoms with van der Waals surface area (Å²) < 4.78 is 19.2. The third kappa shape index (κ3) is 4.21. The summed E-state index contributed by atoms with van der Waals surface area (Å²) in [4.78, 5) is 41.5. The Labute approximate surface area is 190 Å². The standard InChI is InChI=1S/C24H24ClFN2O4/c1-27-21(29)14-24(23(27)31,19-7-2-3-8-20(19)25)15-22(30)28-11-9-17(10-12-28)32-18-6-4-5-16(26)13-18/h2-8,13,17H,9-12,14-15H2,1H3. The number of nitrogens with zero attached hydrogens (tertiary/aromatic N) is 2. The normalized spacial score (nSPS) is 21.8. The number of imide groups is 1. The van der Waals surface area contributed by atoms with Crippen molar-refractivity contribution in [2.24, 2.45) is 0 Å². The maximum absolute atomic E-state index is 13.4. The Morgan fingerprint density at radius 3 is 2.50 bits per heavy atom. The van der Waals surface area contributed by atoms with Crippen LogP contribution in [0.25, 0.3) is 0 Å². The number of halogens is 2. The molecule has 168 valence electrons. The molecule has 0 aliphatic carbocycles. The molecular weight excluding hydrogens is 435 g/mol. The highest BCUT2D eigenvalue weighted by atomic mass is 35.5. The van der Waals surface area contributed by atoms with E-state index in [1.165, 1.54) is 19.2 Å². The van der Waals surface area contributed by atoms with Gasteiger partial charge in [0, 0.05) is 56.9 Å². The molecule has 32 heavy (non-hydrogen) atoms. The van der Waals surface area contributed by atoms with Crippen LogP contribution < -0.4 is 4.74 Å². The predicted molar refractivity (Wildman–Crippen MR) is 117 cm³/mol. The van der Waals surface area contributed by atoms with Crippen LogP contribution in [0.15, 0.2) is 48.5 Å². The fraction of sp³-hybridized carbons (Fsp3) is 0.375. The second-order valence-electron chi connectivity index (χ2n) is 8.33. The van der Waals surface area contributed by atoms with Gasteiger partial charge in [-0.1, -0.05) is 35.9 Å². The Morgan fingerprint density at radius 1 is 1.16 bits per heavy atom. The maximum atomic E-state index is 13.4. The zero-order valence-corrected chi connectivity index (χ0v) is 18.5. The van der Waals surface area contributed by atoms with Crippen molar-refractivity contribution in [3.05, 3.63) is 64.9 Å². The zero-order chi connectivity index (χ0) is 22.9. The molecule has 0 bridgehead atoms. The molecule has 0 spiro atoms. The van der Waals surface area contributed by atoms with Crippen molar-refractivity contribution in [3.63, 3.8) is 0 Å². The lowest BCUT2D eigenvalue weighted by atomic mass is 9.75. The van der Waals surface area contributed by atoms with Crippen molar-refractivity contribution in [1.29, 1.82) is 0 Å². The van der Waals surface area contributed by atoms with Crippen LogP contribution in [0.3, 0.4) is 0 Å². The minimum absolute atomic E-state index is 0.0864. The van der Waals surface area contributed by atoms with Gasteiger partial charge in [-0.3, -0.25) is 19.3 Å². The van der Waals surface area contributed by atoms with Crippen LogP contribution >= 0.6 is 11.6 Å². The fourth-order valence-electron chi connectivity index (χ4n) is 4.51. The number of ether oxygens (including phenoxy) is 1. The van der Waals surface area contributed by atoms with Crippen molar-refractivity contribution in [1.82, 2.24) is 9.80 Å². The minimum atomic E-state index is -1.30. The number of piperidine rings is 1. The van der Waals surface area contributed by atoms with Gasteiger partial charge in [-0.05, 0) is 23.8 Å². The number of benzene rings is 2. The highest BCUT2D eigenvalue weighted by molar-refractivity contribution is 6.32. The van der Waals surface area contributed by atoms with E-state index < -0.39 is 11.3 Å². The van der Waals surface area contributed by atoms with Gasteiger partial charge in [-0.2, -0.15) is 0 Å². The predicted octanol–water partition coefficient (Wildman–Crippen LogP) is 3.57. The summed E-state index contributed by atoms with van der Waals surface area (Å²) in [6.07, 6.45) is 0.847. The van der Waals surface area contributed by atoms with E-state index >= 15 is 0 Å². The lowest BCUT2D eigenvalue weighted by Crippen LogP contribution is -2.46. The highest BCUT2D eigenvalue weighted by Crippen LogP contribution is 2.42. The van der Waals surface area contributed by atoms with Crippen LogP contribution in [0.1, 0.15) is 31.2 Å². The van der Waals surface area contributed by atoms with Crippen molar-refractivity contribution in [3.8, 4) is 5.75 Å². The molecule has 1 unspecified atom stereocenters. The van der Waals surface area contributed by atoms with Crippen LogP contribution in [-0.4, -0.2) is 53.8 Å². The average Bonchev–Trinajstić information content (AvgIpc) is 2.98. The molecule has 2 heterocycles. The summed E-state index contributed by atoms with van der Waals surface area (Å²) in [6.45, 7) is 0.908. The van der Waals surface area contributed by atoms with Gasteiger partial charge in [0.25, 0.3) is 0 Å². The molecule has 0 saturated carbocycles. The Morgan fingerprint density at radius 2 is 1.88 bits per heavy atom. The van der Waals surface area contributed by atoms with E-state index in [9.17, 15) is 18.8 Å². The molecule has 2 aromatic rings. The van der Waals surface area contributed by atoms with Crippen LogP contribution in [0.4, 0.5) is 4.39 Å². The van der Waals surface area contributed by atoms with Gasteiger partial charge < -0.3 is 9.64 Å². The van der Waals surface area contributed by atoms with E-state index in [-0.39, 0.29) is 36.6 Å². The Hall–Kier alpha value is -2.93. The summed E-state index contributed by atoms with van der Waals surface area (Å²) in [5.74, 6) is -0.838. The Kier molecular flexibility index (Phi) is 6.20. The number of carbonyl (C=O) groups is 3. The first kappa shape index (κ1) is 22.3. The number of hydrogen-bond donors (Lipinski definition) is 0. The molecule has 2 aromatic carbocycles. The smallest absolute Gasteiger partial charge is 0.240 e. The lowest BCUT2D eigenvalue weighted by molar-refractivity contribution is -0.142. The Bertz CT molecular complexity index is 1050. The third-order valence-electron chi connectivity index (χ3n) is 6.28. The fourth-order valence-corrected chi connectivity index (χ4v) is 4.82. The number of carbonyl (C=O) groups excluding carboxylic acids is 3. The molecule has 0 N–H and O–H groups in total. The first-order valence-electron chi connectivity index (χ1n) is 10.6. The summed E-state index contributed by atoms with van der Waals surface area (Å²) >= 11 is 6.38. The number of rotatable bonds is 5. The van der Waals surface area contributed by atoms with E-state index in [0.717, 1.165) is 4.90 Å². The van der Waals surface area contributed by atoms with E-state index in [1.807, 2.05) is 0 Å². The number of likely N-dealkylation sites (tertiary alicyclic amines) is 2. The minimum Gasteiger partial charge on any atom is -0.490 e.